The first-order valence-electron chi connectivity index (χ1n) is 5.51. The summed E-state index contributed by atoms with van der Waals surface area (Å²) in [4.78, 5) is 10.1. The number of nitrogens with two attached hydrogens (primary N) is 1. The summed E-state index contributed by atoms with van der Waals surface area (Å²) in [5.74, 6) is 0. The summed E-state index contributed by atoms with van der Waals surface area (Å²) < 4.78 is 22.1. The summed E-state index contributed by atoms with van der Waals surface area (Å²) in [6.45, 7) is 3.29. The van der Waals surface area contributed by atoms with E-state index in [1.807, 2.05) is 0 Å². The Morgan fingerprint density at radius 2 is 1.95 bits per heavy atom. The lowest BCUT2D eigenvalue weighted by atomic mass is 10.2. The van der Waals surface area contributed by atoms with Crippen LogP contribution in [-0.2, 0) is 9.84 Å². The minimum atomic E-state index is -3.24. The molecule has 0 aliphatic heterocycles. The monoisotopic (exact) mass is 287 g/mol. The average molecular weight is 287 g/mol. The summed E-state index contributed by atoms with van der Waals surface area (Å²) in [7, 11) is -3.24. The molecule has 0 aliphatic carbocycles. The van der Waals surface area contributed by atoms with E-state index < -0.39 is 19.5 Å². The zero-order valence-corrected chi connectivity index (χ0v) is 11.8. The fraction of sp³-hybridized carbons (Fsp3) is 0.455. The second-order valence-electron chi connectivity index (χ2n) is 4.96. The first kappa shape index (κ1) is 15.2. The number of benzene rings is 1. The minimum absolute atomic E-state index is 0.131. The Morgan fingerprint density at radius 3 is 2.42 bits per heavy atom. The Bertz CT molecular complexity index is 596. The lowest BCUT2D eigenvalue weighted by Crippen LogP contribution is -2.38. The average Bonchev–Trinajstić information content (AvgIpc) is 2.24. The van der Waals surface area contributed by atoms with Gasteiger partial charge in [0.25, 0.3) is 5.69 Å². The molecule has 0 radical (unpaired) electrons. The van der Waals surface area contributed by atoms with Gasteiger partial charge in [-0.2, -0.15) is 0 Å². The molecule has 1 rings (SSSR count). The fourth-order valence-electron chi connectivity index (χ4n) is 1.29. The van der Waals surface area contributed by atoms with Crippen molar-refractivity contribution in [1.82, 2.24) is 0 Å². The van der Waals surface area contributed by atoms with Crippen LogP contribution in [0.1, 0.15) is 13.8 Å². The van der Waals surface area contributed by atoms with Crippen LogP contribution in [0.4, 0.5) is 17.1 Å². The molecule has 0 atom stereocenters. The minimum Gasteiger partial charge on any atom is -0.398 e. The molecule has 7 nitrogen and oxygen atoms in total. The highest BCUT2D eigenvalue weighted by atomic mass is 32.2. The molecule has 8 heteroatoms. The Morgan fingerprint density at radius 1 is 1.37 bits per heavy atom. The van der Waals surface area contributed by atoms with Gasteiger partial charge in [-0.1, -0.05) is 0 Å². The number of nitro benzene ring substituents is 1. The van der Waals surface area contributed by atoms with E-state index in [1.54, 1.807) is 13.8 Å². The molecule has 0 saturated carbocycles. The van der Waals surface area contributed by atoms with E-state index >= 15 is 0 Å². The van der Waals surface area contributed by atoms with Crippen molar-refractivity contribution >= 4 is 26.9 Å². The van der Waals surface area contributed by atoms with E-state index in [1.165, 1.54) is 18.2 Å². The Kier molecular flexibility index (Phi) is 4.04. The van der Waals surface area contributed by atoms with Gasteiger partial charge in [-0.3, -0.25) is 10.1 Å². The van der Waals surface area contributed by atoms with E-state index in [0.29, 0.717) is 5.69 Å². The van der Waals surface area contributed by atoms with Gasteiger partial charge in [-0.25, -0.2) is 8.42 Å². The lowest BCUT2D eigenvalue weighted by molar-refractivity contribution is -0.384. The van der Waals surface area contributed by atoms with Gasteiger partial charge in [0.15, 0.2) is 9.84 Å². The maximum atomic E-state index is 11.5. The smallest absolute Gasteiger partial charge is 0.273 e. The number of rotatable bonds is 5. The number of hydrogen-bond acceptors (Lipinski definition) is 6. The summed E-state index contributed by atoms with van der Waals surface area (Å²) >= 11 is 0. The molecule has 0 heterocycles. The number of nitrogens with zero attached hydrogens (tertiary/aromatic N) is 1. The van der Waals surface area contributed by atoms with E-state index in [9.17, 15) is 18.5 Å². The van der Waals surface area contributed by atoms with Gasteiger partial charge < -0.3 is 11.1 Å². The van der Waals surface area contributed by atoms with Crippen LogP contribution in [0.5, 0.6) is 0 Å². The summed E-state index contributed by atoms with van der Waals surface area (Å²) in [6.07, 6.45) is 1.15. The van der Waals surface area contributed by atoms with Gasteiger partial charge in [-0.05, 0) is 19.9 Å². The predicted octanol–water partition coefficient (Wildman–Crippen LogP) is 1.41. The van der Waals surface area contributed by atoms with Crippen molar-refractivity contribution in [1.29, 1.82) is 0 Å². The van der Waals surface area contributed by atoms with E-state index in [-0.39, 0.29) is 17.9 Å². The number of sulfone groups is 1. The standard InChI is InChI=1S/C11H17N3O4S/c1-11(2,19(3,17)18)7-13-9-4-8(12)5-10(6-9)14(15)16/h4-6,13H,7,12H2,1-3H3. The molecule has 0 amide bonds. The van der Waals surface area contributed by atoms with Gasteiger partial charge >= 0.3 is 0 Å². The molecule has 1 aromatic carbocycles. The van der Waals surface area contributed by atoms with Crippen LogP contribution in [0.2, 0.25) is 0 Å². The van der Waals surface area contributed by atoms with Crippen LogP contribution in [0.25, 0.3) is 0 Å². The lowest BCUT2D eigenvalue weighted by Gasteiger charge is -2.23. The third-order valence-corrected chi connectivity index (χ3v) is 5.02. The predicted molar refractivity (Wildman–Crippen MR) is 74.9 cm³/mol. The molecule has 19 heavy (non-hydrogen) atoms. The molecule has 3 N–H and O–H groups in total. The summed E-state index contributed by atoms with van der Waals surface area (Å²) in [6, 6.07) is 4.08. The van der Waals surface area contributed by atoms with Crippen molar-refractivity contribution in [3.8, 4) is 0 Å². The zero-order valence-electron chi connectivity index (χ0n) is 11.0. The first-order chi connectivity index (χ1) is 8.53. The van der Waals surface area contributed by atoms with Gasteiger partial charge in [0.2, 0.25) is 0 Å². The highest BCUT2D eigenvalue weighted by Crippen LogP contribution is 2.24. The van der Waals surface area contributed by atoms with Crippen molar-refractivity contribution in [2.45, 2.75) is 18.6 Å². The third-order valence-electron chi connectivity index (χ3n) is 2.87. The molecule has 106 valence electrons. The normalized spacial score (nSPS) is 12.2. The quantitative estimate of drug-likeness (QED) is 0.480. The SMILES string of the molecule is CC(C)(CNc1cc(N)cc([N+](=O)[O-])c1)S(C)(=O)=O. The first-order valence-corrected chi connectivity index (χ1v) is 7.40. The van der Waals surface area contributed by atoms with Crippen LogP contribution >= 0.6 is 0 Å². The van der Waals surface area contributed by atoms with Crippen LogP contribution < -0.4 is 11.1 Å². The maximum Gasteiger partial charge on any atom is 0.273 e. The number of nitrogen functional groups attached to an aromatic ring is 1. The zero-order chi connectivity index (χ0) is 14.8. The molecule has 0 fully saturated rings. The molecule has 0 saturated heterocycles. The number of nitrogens with one attached hydrogen (secondary N) is 1. The summed E-state index contributed by atoms with van der Waals surface area (Å²) in [5, 5.41) is 13.6. The number of nitro groups is 1. The summed E-state index contributed by atoms with van der Waals surface area (Å²) in [5.41, 5.74) is 6.08. The second kappa shape index (κ2) is 5.04. The maximum absolute atomic E-state index is 11.5. The Labute approximate surface area is 111 Å². The van der Waals surface area contributed by atoms with Crippen molar-refractivity contribution in [2.24, 2.45) is 0 Å². The van der Waals surface area contributed by atoms with Crippen molar-refractivity contribution in [3.63, 3.8) is 0 Å². The molecular weight excluding hydrogens is 270 g/mol. The van der Waals surface area contributed by atoms with Gasteiger partial charge in [0, 0.05) is 36.3 Å². The number of non-ortho nitro benzene ring substituents is 1. The largest absolute Gasteiger partial charge is 0.398 e. The molecule has 0 aliphatic rings. The highest BCUT2D eigenvalue weighted by Gasteiger charge is 2.29. The third kappa shape index (κ3) is 3.82. The Balaban J connectivity index is 2.93. The van der Waals surface area contributed by atoms with Gasteiger partial charge in [0.05, 0.1) is 9.67 Å². The van der Waals surface area contributed by atoms with Crippen molar-refractivity contribution in [2.75, 3.05) is 23.9 Å². The van der Waals surface area contributed by atoms with Crippen LogP contribution in [0.3, 0.4) is 0 Å². The number of hydrogen-bond donors (Lipinski definition) is 2. The Hall–Kier alpha value is -1.83. The second-order valence-corrected chi connectivity index (χ2v) is 7.61. The molecule has 0 unspecified atom stereocenters. The highest BCUT2D eigenvalue weighted by molar-refractivity contribution is 7.92. The molecular formula is C11H17N3O4S. The molecule has 0 bridgehead atoms. The van der Waals surface area contributed by atoms with Crippen molar-refractivity contribution < 1.29 is 13.3 Å². The topological polar surface area (TPSA) is 115 Å². The van der Waals surface area contributed by atoms with Crippen LogP contribution in [0.15, 0.2) is 18.2 Å². The van der Waals surface area contributed by atoms with Gasteiger partial charge in [-0.15, -0.1) is 0 Å². The number of anilines is 2. The van der Waals surface area contributed by atoms with E-state index in [4.69, 9.17) is 5.73 Å². The van der Waals surface area contributed by atoms with E-state index in [2.05, 4.69) is 5.32 Å². The van der Waals surface area contributed by atoms with Gasteiger partial charge in [0.1, 0.15) is 0 Å². The fourth-order valence-corrected chi connectivity index (χ4v) is 1.62. The molecule has 0 spiro atoms. The van der Waals surface area contributed by atoms with Crippen LogP contribution in [-0.4, -0.2) is 30.9 Å². The molecule has 0 aromatic heterocycles. The van der Waals surface area contributed by atoms with Crippen molar-refractivity contribution in [3.05, 3.63) is 28.3 Å². The van der Waals surface area contributed by atoms with E-state index in [0.717, 1.165) is 6.26 Å². The van der Waals surface area contributed by atoms with Crippen LogP contribution in [0, 0.1) is 10.1 Å². The molecule has 1 aromatic rings.